The summed E-state index contributed by atoms with van der Waals surface area (Å²) in [4.78, 5) is 15.4. The van der Waals surface area contributed by atoms with E-state index in [2.05, 4.69) is 6.92 Å². The van der Waals surface area contributed by atoms with Gasteiger partial charge in [0.25, 0.3) is 0 Å². The molecule has 1 aliphatic rings. The van der Waals surface area contributed by atoms with Crippen LogP contribution in [0.25, 0.3) is 0 Å². The van der Waals surface area contributed by atoms with Gasteiger partial charge in [-0.1, -0.05) is 72.9 Å². The van der Waals surface area contributed by atoms with Gasteiger partial charge < -0.3 is 19.1 Å². The van der Waals surface area contributed by atoms with Crippen molar-refractivity contribution in [2.24, 2.45) is 0 Å². The van der Waals surface area contributed by atoms with E-state index in [9.17, 15) is 4.79 Å². The van der Waals surface area contributed by atoms with Crippen LogP contribution >= 0.6 is 23.2 Å². The molecule has 0 saturated carbocycles. The number of halogens is 2. The summed E-state index contributed by atoms with van der Waals surface area (Å²) in [6.07, 6.45) is 1.33. The molecule has 0 radical (unpaired) electrons. The zero-order valence-electron chi connectivity index (χ0n) is 21.5. The number of nitrogens with zero attached hydrogens (tertiary/aromatic N) is 1. The Balaban J connectivity index is 1.63. The highest BCUT2D eigenvalue weighted by atomic mass is 35.5. The first-order valence-electron chi connectivity index (χ1n) is 12.6. The van der Waals surface area contributed by atoms with Crippen LogP contribution in [-0.4, -0.2) is 37.2 Å². The largest absolute Gasteiger partial charge is 0.496 e. The summed E-state index contributed by atoms with van der Waals surface area (Å²) in [5, 5.41) is 1.26. The van der Waals surface area contributed by atoms with E-state index in [-0.39, 0.29) is 30.7 Å². The molecule has 1 aliphatic heterocycles. The Kier molecular flexibility index (Phi) is 9.49. The predicted octanol–water partition coefficient (Wildman–Crippen LogP) is 7.34. The second kappa shape index (κ2) is 12.8. The SMILES string of the molecule is CCC[C@H](COCc1ccc(C)c(OC)c1)N1C(=O)CO[C@H](c2cccc(Cl)c2)C1c1ccc(Cl)cc1. The van der Waals surface area contributed by atoms with Crippen molar-refractivity contribution in [1.82, 2.24) is 4.90 Å². The van der Waals surface area contributed by atoms with E-state index >= 15 is 0 Å². The van der Waals surface area contributed by atoms with E-state index in [1.54, 1.807) is 7.11 Å². The molecule has 3 atom stereocenters. The van der Waals surface area contributed by atoms with Crippen LogP contribution < -0.4 is 4.74 Å². The first-order valence-corrected chi connectivity index (χ1v) is 13.3. The number of hydrogen-bond donors (Lipinski definition) is 0. The maximum atomic E-state index is 13.4. The van der Waals surface area contributed by atoms with Gasteiger partial charge in [0.1, 0.15) is 18.5 Å². The first kappa shape index (κ1) is 27.5. The van der Waals surface area contributed by atoms with Gasteiger partial charge in [0.2, 0.25) is 5.91 Å². The third-order valence-corrected chi connectivity index (χ3v) is 7.20. The highest BCUT2D eigenvalue weighted by molar-refractivity contribution is 6.30. The number of ether oxygens (including phenoxy) is 3. The molecule has 196 valence electrons. The summed E-state index contributed by atoms with van der Waals surface area (Å²) in [5.41, 5.74) is 3.98. The molecule has 0 aliphatic carbocycles. The smallest absolute Gasteiger partial charge is 0.249 e. The Hall–Kier alpha value is -2.57. The van der Waals surface area contributed by atoms with E-state index in [0.717, 1.165) is 40.8 Å². The quantitative estimate of drug-likeness (QED) is 0.269. The van der Waals surface area contributed by atoms with E-state index in [1.165, 1.54) is 0 Å². The molecule has 3 aromatic carbocycles. The van der Waals surface area contributed by atoms with Crippen LogP contribution in [-0.2, 0) is 20.9 Å². The zero-order valence-corrected chi connectivity index (χ0v) is 23.0. The minimum absolute atomic E-state index is 0.00333. The van der Waals surface area contributed by atoms with Crippen molar-refractivity contribution in [2.45, 2.75) is 51.5 Å². The van der Waals surface area contributed by atoms with Crippen LogP contribution in [0.2, 0.25) is 10.0 Å². The molecule has 3 aromatic rings. The Labute approximate surface area is 229 Å². The lowest BCUT2D eigenvalue weighted by Gasteiger charge is -2.45. The predicted molar refractivity (Wildman–Crippen MR) is 147 cm³/mol. The van der Waals surface area contributed by atoms with E-state index in [4.69, 9.17) is 37.4 Å². The molecule has 0 bridgehead atoms. The number of amides is 1. The summed E-state index contributed by atoms with van der Waals surface area (Å²) in [5.74, 6) is 0.777. The Bertz CT molecular complexity index is 1200. The second-order valence-corrected chi connectivity index (χ2v) is 10.2. The molecular formula is C30H33Cl2NO4. The molecule has 0 aromatic heterocycles. The fourth-order valence-electron chi connectivity index (χ4n) is 4.92. The van der Waals surface area contributed by atoms with E-state index in [0.29, 0.717) is 23.3 Å². The average Bonchev–Trinajstić information content (AvgIpc) is 2.89. The molecule has 4 rings (SSSR count). The number of aryl methyl sites for hydroxylation is 1. The molecule has 1 unspecified atom stereocenters. The molecular weight excluding hydrogens is 509 g/mol. The minimum atomic E-state index is -0.377. The van der Waals surface area contributed by atoms with Crippen LogP contribution in [0.4, 0.5) is 0 Å². The molecule has 1 amide bonds. The van der Waals surface area contributed by atoms with Gasteiger partial charge in [0, 0.05) is 10.0 Å². The van der Waals surface area contributed by atoms with Crippen LogP contribution in [0.1, 0.15) is 54.2 Å². The molecule has 1 saturated heterocycles. The molecule has 0 N–H and O–H groups in total. The standard InChI is InChI=1S/C30H33Cl2NO4/c1-4-6-26(18-36-17-21-10-9-20(2)27(15-21)35-3)33-28(34)19-37-30(23-7-5-8-25(32)16-23)29(33)22-11-13-24(31)14-12-22/h5,7-16,26,29-30H,4,6,17-19H2,1-3H3/t26-,29?,30-/m1/s1. The Morgan fingerprint density at radius 2 is 1.81 bits per heavy atom. The van der Waals surface area contributed by atoms with Crippen LogP contribution in [0.3, 0.4) is 0 Å². The van der Waals surface area contributed by atoms with Gasteiger partial charge in [0.05, 0.1) is 32.4 Å². The van der Waals surface area contributed by atoms with Gasteiger partial charge in [-0.15, -0.1) is 0 Å². The number of methoxy groups -OCH3 is 1. The van der Waals surface area contributed by atoms with E-state index < -0.39 is 0 Å². The van der Waals surface area contributed by atoms with Gasteiger partial charge >= 0.3 is 0 Å². The number of carbonyl (C=O) groups excluding carboxylic acids is 1. The first-order chi connectivity index (χ1) is 17.9. The normalized spacial score (nSPS) is 18.6. The molecule has 1 heterocycles. The maximum absolute atomic E-state index is 13.4. The van der Waals surface area contributed by atoms with Gasteiger partial charge in [-0.2, -0.15) is 0 Å². The van der Waals surface area contributed by atoms with Gasteiger partial charge in [0.15, 0.2) is 0 Å². The number of hydrogen-bond acceptors (Lipinski definition) is 4. The number of rotatable bonds is 10. The third-order valence-electron chi connectivity index (χ3n) is 6.72. The van der Waals surface area contributed by atoms with Crippen molar-refractivity contribution in [1.29, 1.82) is 0 Å². The lowest BCUT2D eigenvalue weighted by molar-refractivity contribution is -0.166. The van der Waals surface area contributed by atoms with Crippen molar-refractivity contribution in [3.05, 3.63) is 99.0 Å². The maximum Gasteiger partial charge on any atom is 0.249 e. The van der Waals surface area contributed by atoms with Crippen molar-refractivity contribution in [2.75, 3.05) is 20.3 Å². The minimum Gasteiger partial charge on any atom is -0.496 e. The van der Waals surface area contributed by atoms with Crippen molar-refractivity contribution >= 4 is 29.1 Å². The fraction of sp³-hybridized carbons (Fsp3) is 0.367. The number of morpholine rings is 1. The van der Waals surface area contributed by atoms with Gasteiger partial charge in [-0.05, 0) is 65.9 Å². The van der Waals surface area contributed by atoms with Crippen LogP contribution in [0.15, 0.2) is 66.7 Å². The number of benzene rings is 3. The number of carbonyl (C=O) groups is 1. The summed E-state index contributed by atoms with van der Waals surface area (Å²) in [6.45, 7) is 4.96. The summed E-state index contributed by atoms with van der Waals surface area (Å²) < 4.78 is 17.8. The lowest BCUT2D eigenvalue weighted by Crippen LogP contribution is -2.52. The highest BCUT2D eigenvalue weighted by Crippen LogP contribution is 2.42. The van der Waals surface area contributed by atoms with Crippen molar-refractivity contribution < 1.29 is 19.0 Å². The molecule has 37 heavy (non-hydrogen) atoms. The lowest BCUT2D eigenvalue weighted by atomic mass is 9.91. The van der Waals surface area contributed by atoms with Gasteiger partial charge in [-0.25, -0.2) is 0 Å². The second-order valence-electron chi connectivity index (χ2n) is 9.35. The van der Waals surface area contributed by atoms with Crippen LogP contribution in [0.5, 0.6) is 5.75 Å². The van der Waals surface area contributed by atoms with Crippen molar-refractivity contribution in [3.8, 4) is 5.75 Å². The van der Waals surface area contributed by atoms with Crippen molar-refractivity contribution in [3.63, 3.8) is 0 Å². The fourth-order valence-corrected chi connectivity index (χ4v) is 5.24. The molecule has 1 fully saturated rings. The third kappa shape index (κ3) is 6.66. The molecule has 7 heteroatoms. The van der Waals surface area contributed by atoms with Crippen LogP contribution in [0, 0.1) is 6.92 Å². The highest BCUT2D eigenvalue weighted by Gasteiger charge is 2.42. The molecule has 0 spiro atoms. The summed E-state index contributed by atoms with van der Waals surface area (Å²) in [7, 11) is 1.67. The zero-order chi connectivity index (χ0) is 26.4. The van der Waals surface area contributed by atoms with E-state index in [1.807, 2.05) is 78.6 Å². The summed E-state index contributed by atoms with van der Waals surface area (Å²) in [6, 6.07) is 20.8. The average molecular weight is 543 g/mol. The van der Waals surface area contributed by atoms with Gasteiger partial charge in [-0.3, -0.25) is 4.79 Å². The monoisotopic (exact) mass is 541 g/mol. The topological polar surface area (TPSA) is 48.0 Å². The summed E-state index contributed by atoms with van der Waals surface area (Å²) >= 11 is 12.5. The molecule has 5 nitrogen and oxygen atoms in total. The Morgan fingerprint density at radius 1 is 1.03 bits per heavy atom. The Morgan fingerprint density at radius 3 is 2.51 bits per heavy atom.